The predicted octanol–water partition coefficient (Wildman–Crippen LogP) is 1.81. The molecule has 33 heavy (non-hydrogen) atoms. The summed E-state index contributed by atoms with van der Waals surface area (Å²) in [4.78, 5) is 48.8. The Bertz CT molecular complexity index is 1060. The van der Waals surface area contributed by atoms with Crippen LogP contribution in [0.1, 0.15) is 48.9 Å². The van der Waals surface area contributed by atoms with Crippen molar-refractivity contribution in [1.82, 2.24) is 10.6 Å². The van der Waals surface area contributed by atoms with Gasteiger partial charge in [0.25, 0.3) is 5.91 Å². The maximum Gasteiger partial charge on any atom is 0.349 e. The first-order valence-electron chi connectivity index (χ1n) is 11.0. The molecule has 1 fully saturated rings. The Kier molecular flexibility index (Phi) is 8.05. The van der Waals surface area contributed by atoms with Gasteiger partial charge in [-0.25, -0.2) is 4.79 Å². The topological polar surface area (TPSA) is 149 Å². The van der Waals surface area contributed by atoms with Crippen LogP contribution >= 0.6 is 0 Å². The van der Waals surface area contributed by atoms with E-state index in [4.69, 9.17) is 14.6 Å². The SMILES string of the molecule is CN[C@H]1CC[C@H](NC(=O)c2cc3ccc(N(CCC(=O)O)CCC(=O)O)cc3oc2=O)CC1. The van der Waals surface area contributed by atoms with Crippen LogP contribution in [0.3, 0.4) is 0 Å². The Balaban J connectivity index is 1.78. The lowest BCUT2D eigenvalue weighted by Crippen LogP contribution is -2.42. The fraction of sp³-hybridized carbons (Fsp3) is 0.478. The van der Waals surface area contributed by atoms with E-state index < -0.39 is 23.5 Å². The molecule has 178 valence electrons. The summed E-state index contributed by atoms with van der Waals surface area (Å²) in [5.74, 6) is -2.47. The van der Waals surface area contributed by atoms with Gasteiger partial charge < -0.3 is 30.2 Å². The van der Waals surface area contributed by atoms with E-state index in [1.165, 1.54) is 6.07 Å². The molecule has 1 aliphatic rings. The minimum atomic E-state index is -1.00. The number of carbonyl (C=O) groups is 3. The van der Waals surface area contributed by atoms with Crippen molar-refractivity contribution in [3.8, 4) is 0 Å². The lowest BCUT2D eigenvalue weighted by Gasteiger charge is -2.28. The van der Waals surface area contributed by atoms with Crippen LogP contribution < -0.4 is 21.2 Å². The first-order chi connectivity index (χ1) is 15.8. The Morgan fingerprint density at radius 1 is 1.00 bits per heavy atom. The van der Waals surface area contributed by atoms with Crippen LogP contribution in [-0.2, 0) is 9.59 Å². The fourth-order valence-electron chi connectivity index (χ4n) is 4.08. The molecule has 0 atom stereocenters. The van der Waals surface area contributed by atoms with Gasteiger partial charge in [0.2, 0.25) is 0 Å². The second-order valence-electron chi connectivity index (χ2n) is 8.25. The van der Waals surface area contributed by atoms with Gasteiger partial charge in [-0.15, -0.1) is 0 Å². The third kappa shape index (κ3) is 6.55. The molecule has 1 heterocycles. The number of amides is 1. The first kappa shape index (κ1) is 24.2. The maximum absolute atomic E-state index is 12.7. The summed E-state index contributed by atoms with van der Waals surface area (Å²) in [6.07, 6.45) is 3.24. The summed E-state index contributed by atoms with van der Waals surface area (Å²) in [6.45, 7) is 0.212. The van der Waals surface area contributed by atoms with Gasteiger partial charge in [-0.1, -0.05) is 0 Å². The van der Waals surface area contributed by atoms with Crippen LogP contribution in [-0.4, -0.2) is 60.3 Å². The Morgan fingerprint density at radius 3 is 2.18 bits per heavy atom. The highest BCUT2D eigenvalue weighted by atomic mass is 16.4. The highest BCUT2D eigenvalue weighted by molar-refractivity contribution is 5.97. The number of nitrogens with zero attached hydrogens (tertiary/aromatic N) is 1. The third-order valence-electron chi connectivity index (χ3n) is 5.99. The van der Waals surface area contributed by atoms with Crippen LogP contribution in [0.4, 0.5) is 5.69 Å². The second kappa shape index (κ2) is 11.0. The van der Waals surface area contributed by atoms with Crippen LogP contribution in [0.15, 0.2) is 33.5 Å². The zero-order valence-electron chi connectivity index (χ0n) is 18.5. The Labute approximate surface area is 190 Å². The van der Waals surface area contributed by atoms with Crippen molar-refractivity contribution in [3.63, 3.8) is 0 Å². The zero-order valence-corrected chi connectivity index (χ0v) is 18.5. The molecule has 0 spiro atoms. The highest BCUT2D eigenvalue weighted by Gasteiger charge is 2.23. The summed E-state index contributed by atoms with van der Waals surface area (Å²) in [6, 6.07) is 6.85. The standard InChI is InChI=1S/C23H29N3O7/c1-24-15-3-5-16(6-4-15)25-22(31)18-12-14-2-7-17(13-19(14)33-23(18)32)26(10-8-20(27)28)11-9-21(29)30/h2,7,12-13,15-16,24H,3-6,8-11H2,1H3,(H,25,31)(H,27,28)(H,29,30)/t15-,16-. The molecular formula is C23H29N3O7. The maximum atomic E-state index is 12.7. The molecule has 0 bridgehead atoms. The number of aliphatic carboxylic acids is 2. The summed E-state index contributed by atoms with van der Waals surface area (Å²) in [5, 5.41) is 24.7. The normalized spacial score (nSPS) is 18.1. The minimum Gasteiger partial charge on any atom is -0.481 e. The van der Waals surface area contributed by atoms with Crippen molar-refractivity contribution in [2.45, 2.75) is 50.6 Å². The number of rotatable bonds is 10. The van der Waals surface area contributed by atoms with Crippen LogP contribution in [0, 0.1) is 0 Å². The average molecular weight is 459 g/mol. The van der Waals surface area contributed by atoms with Gasteiger partial charge in [-0.3, -0.25) is 14.4 Å². The molecule has 2 aromatic rings. The Morgan fingerprint density at radius 2 is 1.61 bits per heavy atom. The van der Waals surface area contributed by atoms with Gasteiger partial charge in [0.05, 0.1) is 12.8 Å². The molecule has 1 amide bonds. The number of fused-ring (bicyclic) bond motifs is 1. The largest absolute Gasteiger partial charge is 0.481 e. The first-order valence-corrected chi connectivity index (χ1v) is 11.0. The van der Waals surface area contributed by atoms with E-state index in [-0.39, 0.29) is 43.1 Å². The van der Waals surface area contributed by atoms with E-state index in [1.54, 1.807) is 23.1 Å². The number of nitrogens with one attached hydrogen (secondary N) is 2. The van der Waals surface area contributed by atoms with Crippen molar-refractivity contribution in [1.29, 1.82) is 0 Å². The number of hydrogen-bond acceptors (Lipinski definition) is 7. The van der Waals surface area contributed by atoms with Crippen molar-refractivity contribution in [3.05, 3.63) is 40.2 Å². The molecule has 10 heteroatoms. The van der Waals surface area contributed by atoms with E-state index in [0.717, 1.165) is 25.7 Å². The summed E-state index contributed by atoms with van der Waals surface area (Å²) in [7, 11) is 1.92. The monoisotopic (exact) mass is 459 g/mol. The molecular weight excluding hydrogens is 430 g/mol. The number of benzene rings is 1. The van der Waals surface area contributed by atoms with Gasteiger partial charge >= 0.3 is 17.6 Å². The van der Waals surface area contributed by atoms with E-state index in [0.29, 0.717) is 17.1 Å². The quantitative estimate of drug-likeness (QED) is 0.390. The van der Waals surface area contributed by atoms with Crippen molar-refractivity contribution < 1.29 is 29.0 Å². The molecule has 1 aliphatic carbocycles. The van der Waals surface area contributed by atoms with E-state index >= 15 is 0 Å². The molecule has 0 saturated heterocycles. The molecule has 4 N–H and O–H groups in total. The van der Waals surface area contributed by atoms with Crippen molar-refractivity contribution >= 4 is 34.5 Å². The molecule has 1 aromatic heterocycles. The second-order valence-corrected chi connectivity index (χ2v) is 8.25. The molecule has 0 radical (unpaired) electrons. The number of carbonyl (C=O) groups excluding carboxylic acids is 1. The van der Waals surface area contributed by atoms with Gasteiger partial charge in [0.15, 0.2) is 0 Å². The number of carboxylic acid groups (broad SMARTS) is 2. The predicted molar refractivity (Wildman–Crippen MR) is 122 cm³/mol. The minimum absolute atomic E-state index is 0.0107. The molecule has 0 unspecified atom stereocenters. The van der Waals surface area contributed by atoms with Gasteiger partial charge in [0, 0.05) is 42.3 Å². The van der Waals surface area contributed by atoms with Gasteiger partial charge in [0.1, 0.15) is 11.1 Å². The molecule has 3 rings (SSSR count). The number of anilines is 1. The van der Waals surface area contributed by atoms with E-state index in [2.05, 4.69) is 10.6 Å². The van der Waals surface area contributed by atoms with Crippen LogP contribution in [0.25, 0.3) is 11.0 Å². The lowest BCUT2D eigenvalue weighted by molar-refractivity contribution is -0.137. The zero-order chi connectivity index (χ0) is 24.0. The van der Waals surface area contributed by atoms with Crippen LogP contribution in [0.5, 0.6) is 0 Å². The van der Waals surface area contributed by atoms with Crippen molar-refractivity contribution in [2.75, 3.05) is 25.0 Å². The smallest absolute Gasteiger partial charge is 0.349 e. The van der Waals surface area contributed by atoms with Crippen LogP contribution in [0.2, 0.25) is 0 Å². The summed E-state index contributed by atoms with van der Waals surface area (Å²) < 4.78 is 5.39. The molecule has 1 aromatic carbocycles. The number of hydrogen-bond donors (Lipinski definition) is 4. The molecule has 1 saturated carbocycles. The van der Waals surface area contributed by atoms with E-state index in [9.17, 15) is 19.2 Å². The summed E-state index contributed by atoms with van der Waals surface area (Å²) in [5.41, 5.74) is -0.0610. The summed E-state index contributed by atoms with van der Waals surface area (Å²) >= 11 is 0. The van der Waals surface area contributed by atoms with Gasteiger partial charge in [-0.2, -0.15) is 0 Å². The fourth-order valence-corrected chi connectivity index (χ4v) is 4.08. The van der Waals surface area contributed by atoms with Crippen molar-refractivity contribution in [2.24, 2.45) is 0 Å². The lowest BCUT2D eigenvalue weighted by atomic mass is 9.91. The number of carboxylic acids is 2. The molecule has 0 aliphatic heterocycles. The third-order valence-corrected chi connectivity index (χ3v) is 5.99. The average Bonchev–Trinajstić information content (AvgIpc) is 2.78. The molecule has 10 nitrogen and oxygen atoms in total. The van der Waals surface area contributed by atoms with Gasteiger partial charge in [-0.05, 0) is 50.9 Å². The van der Waals surface area contributed by atoms with E-state index in [1.807, 2.05) is 7.05 Å². The highest BCUT2D eigenvalue weighted by Crippen LogP contribution is 2.23. The Hall–Kier alpha value is -3.40.